The molecular weight excluding hydrogens is 204 g/mol. The smallest absolute Gasteiger partial charge is 0.227 e. The van der Waals surface area contributed by atoms with E-state index in [-0.39, 0.29) is 11.8 Å². The molecule has 4 nitrogen and oxygen atoms in total. The Hall–Kier alpha value is -0.610. The highest BCUT2D eigenvalue weighted by molar-refractivity contribution is 5.79. The molecule has 1 atom stereocenters. The van der Waals surface area contributed by atoms with Crippen molar-refractivity contribution in [1.82, 2.24) is 4.90 Å². The van der Waals surface area contributed by atoms with Crippen LogP contribution in [0.1, 0.15) is 25.7 Å². The second-order valence-electron chi connectivity index (χ2n) is 4.90. The number of hydrogen-bond donors (Lipinski definition) is 1. The number of carbonyl (C=O) groups is 1. The Morgan fingerprint density at radius 3 is 2.56 bits per heavy atom. The molecule has 1 aliphatic heterocycles. The van der Waals surface area contributed by atoms with E-state index in [2.05, 4.69) is 0 Å². The molecule has 2 fully saturated rings. The number of nitrogens with two attached hydrogens (primary N) is 1. The van der Waals surface area contributed by atoms with Gasteiger partial charge in [0, 0.05) is 19.6 Å². The minimum Gasteiger partial charge on any atom is -0.378 e. The Balaban J connectivity index is 1.83. The van der Waals surface area contributed by atoms with Crippen LogP contribution in [0, 0.1) is 11.8 Å². The summed E-state index contributed by atoms with van der Waals surface area (Å²) in [5, 5.41) is 0. The zero-order valence-corrected chi connectivity index (χ0v) is 9.86. The fourth-order valence-corrected chi connectivity index (χ4v) is 2.47. The van der Waals surface area contributed by atoms with E-state index in [0.29, 0.717) is 19.8 Å². The molecule has 1 aliphatic carbocycles. The summed E-state index contributed by atoms with van der Waals surface area (Å²) in [5.74, 6) is 1.04. The largest absolute Gasteiger partial charge is 0.378 e. The van der Waals surface area contributed by atoms with Crippen molar-refractivity contribution < 1.29 is 9.53 Å². The van der Waals surface area contributed by atoms with E-state index in [4.69, 9.17) is 10.5 Å². The van der Waals surface area contributed by atoms with Crippen LogP contribution >= 0.6 is 0 Å². The van der Waals surface area contributed by atoms with Gasteiger partial charge in [-0.25, -0.2) is 0 Å². The van der Waals surface area contributed by atoms with Gasteiger partial charge in [-0.15, -0.1) is 0 Å². The zero-order valence-electron chi connectivity index (χ0n) is 9.86. The van der Waals surface area contributed by atoms with Crippen molar-refractivity contribution in [3.05, 3.63) is 0 Å². The van der Waals surface area contributed by atoms with Gasteiger partial charge < -0.3 is 15.4 Å². The fourth-order valence-electron chi connectivity index (χ4n) is 2.47. The molecule has 2 aliphatic rings. The van der Waals surface area contributed by atoms with Crippen molar-refractivity contribution in [2.75, 3.05) is 32.8 Å². The second kappa shape index (κ2) is 5.64. The second-order valence-corrected chi connectivity index (χ2v) is 4.90. The van der Waals surface area contributed by atoms with Gasteiger partial charge in [-0.2, -0.15) is 0 Å². The molecule has 1 saturated heterocycles. The molecule has 0 bridgehead atoms. The number of morpholine rings is 1. The molecule has 2 N–H and O–H groups in total. The Morgan fingerprint density at radius 1 is 1.38 bits per heavy atom. The number of rotatable bonds is 4. The van der Waals surface area contributed by atoms with Crippen molar-refractivity contribution >= 4 is 5.91 Å². The van der Waals surface area contributed by atoms with E-state index in [1.807, 2.05) is 4.90 Å². The van der Waals surface area contributed by atoms with Crippen LogP contribution in [0.4, 0.5) is 0 Å². The van der Waals surface area contributed by atoms with Gasteiger partial charge in [0.05, 0.1) is 19.1 Å². The minimum absolute atomic E-state index is 0.0448. The van der Waals surface area contributed by atoms with Gasteiger partial charge in [-0.05, 0) is 12.3 Å². The molecule has 1 unspecified atom stereocenters. The third-order valence-corrected chi connectivity index (χ3v) is 3.80. The van der Waals surface area contributed by atoms with E-state index in [1.54, 1.807) is 0 Å². The van der Waals surface area contributed by atoms with Gasteiger partial charge in [-0.3, -0.25) is 4.79 Å². The monoisotopic (exact) mass is 226 g/mol. The normalized spacial score (nSPS) is 23.9. The van der Waals surface area contributed by atoms with Crippen LogP contribution in [0.3, 0.4) is 0 Å². The van der Waals surface area contributed by atoms with Crippen molar-refractivity contribution in [1.29, 1.82) is 0 Å². The van der Waals surface area contributed by atoms with Gasteiger partial charge in [0.1, 0.15) is 0 Å². The summed E-state index contributed by atoms with van der Waals surface area (Å²) < 4.78 is 5.25. The highest BCUT2D eigenvalue weighted by Gasteiger charge is 2.29. The number of carbonyl (C=O) groups excluding carboxylic acids is 1. The summed E-state index contributed by atoms with van der Waals surface area (Å²) in [6.07, 6.45) is 4.89. The highest BCUT2D eigenvalue weighted by atomic mass is 16.5. The zero-order chi connectivity index (χ0) is 11.4. The maximum Gasteiger partial charge on any atom is 0.227 e. The van der Waals surface area contributed by atoms with Gasteiger partial charge in [-0.1, -0.05) is 19.3 Å². The molecule has 1 heterocycles. The lowest BCUT2D eigenvalue weighted by Gasteiger charge is -2.33. The molecule has 0 spiro atoms. The van der Waals surface area contributed by atoms with Gasteiger partial charge in [0.2, 0.25) is 5.91 Å². The molecule has 1 amide bonds. The lowest BCUT2D eigenvalue weighted by Crippen LogP contribution is -2.46. The van der Waals surface area contributed by atoms with Crippen molar-refractivity contribution in [3.63, 3.8) is 0 Å². The first-order chi connectivity index (χ1) is 7.81. The van der Waals surface area contributed by atoms with E-state index < -0.39 is 0 Å². The standard InChI is InChI=1S/C12H22N2O2/c13-9-11(8-10-2-1-3-10)12(15)14-4-6-16-7-5-14/h10-11H,1-9,13H2. The molecular formula is C12H22N2O2. The average molecular weight is 226 g/mol. The molecule has 92 valence electrons. The topological polar surface area (TPSA) is 55.6 Å². The third-order valence-electron chi connectivity index (χ3n) is 3.80. The number of amides is 1. The number of ether oxygens (including phenoxy) is 1. The third kappa shape index (κ3) is 2.74. The SMILES string of the molecule is NCC(CC1CCC1)C(=O)N1CCOCC1. The van der Waals surface area contributed by atoms with E-state index in [9.17, 15) is 4.79 Å². The molecule has 0 aromatic carbocycles. The summed E-state index contributed by atoms with van der Waals surface area (Å²) in [5.41, 5.74) is 5.73. The average Bonchev–Trinajstić information content (AvgIpc) is 2.28. The Labute approximate surface area is 97.1 Å². The van der Waals surface area contributed by atoms with Crippen molar-refractivity contribution in [2.24, 2.45) is 17.6 Å². The van der Waals surface area contributed by atoms with Crippen LogP contribution < -0.4 is 5.73 Å². The fraction of sp³-hybridized carbons (Fsp3) is 0.917. The summed E-state index contributed by atoms with van der Waals surface area (Å²) in [6.45, 7) is 3.31. The molecule has 0 radical (unpaired) electrons. The molecule has 16 heavy (non-hydrogen) atoms. The molecule has 0 aromatic heterocycles. The van der Waals surface area contributed by atoms with Crippen LogP contribution in [0.5, 0.6) is 0 Å². The first-order valence-corrected chi connectivity index (χ1v) is 6.38. The molecule has 2 rings (SSSR count). The van der Waals surface area contributed by atoms with Gasteiger partial charge in [0.15, 0.2) is 0 Å². The molecule has 0 aromatic rings. The van der Waals surface area contributed by atoms with E-state index in [1.165, 1.54) is 19.3 Å². The highest BCUT2D eigenvalue weighted by Crippen LogP contribution is 2.32. The summed E-state index contributed by atoms with van der Waals surface area (Å²) >= 11 is 0. The number of hydrogen-bond acceptors (Lipinski definition) is 3. The Bertz CT molecular complexity index is 235. The van der Waals surface area contributed by atoms with Gasteiger partial charge >= 0.3 is 0 Å². The van der Waals surface area contributed by atoms with Crippen LogP contribution in [-0.2, 0) is 9.53 Å². The minimum atomic E-state index is 0.0448. The maximum absolute atomic E-state index is 12.2. The van der Waals surface area contributed by atoms with Crippen LogP contribution in [0.15, 0.2) is 0 Å². The van der Waals surface area contributed by atoms with Crippen LogP contribution in [0.25, 0.3) is 0 Å². The van der Waals surface area contributed by atoms with Crippen LogP contribution in [0.2, 0.25) is 0 Å². The maximum atomic E-state index is 12.2. The van der Waals surface area contributed by atoms with Crippen LogP contribution in [-0.4, -0.2) is 43.7 Å². The lowest BCUT2D eigenvalue weighted by atomic mass is 9.78. The van der Waals surface area contributed by atoms with E-state index in [0.717, 1.165) is 25.4 Å². The predicted molar refractivity (Wildman–Crippen MR) is 61.9 cm³/mol. The lowest BCUT2D eigenvalue weighted by molar-refractivity contribution is -0.140. The number of nitrogens with zero attached hydrogens (tertiary/aromatic N) is 1. The van der Waals surface area contributed by atoms with E-state index >= 15 is 0 Å². The Kier molecular flexibility index (Phi) is 4.18. The summed E-state index contributed by atoms with van der Waals surface area (Å²) in [4.78, 5) is 14.1. The molecule has 4 heteroatoms. The summed E-state index contributed by atoms with van der Waals surface area (Å²) in [6, 6.07) is 0. The summed E-state index contributed by atoms with van der Waals surface area (Å²) in [7, 11) is 0. The molecule has 1 saturated carbocycles. The van der Waals surface area contributed by atoms with Gasteiger partial charge in [0.25, 0.3) is 0 Å². The van der Waals surface area contributed by atoms with Crippen molar-refractivity contribution in [3.8, 4) is 0 Å². The first-order valence-electron chi connectivity index (χ1n) is 6.38. The van der Waals surface area contributed by atoms with Crippen molar-refractivity contribution in [2.45, 2.75) is 25.7 Å². The first kappa shape index (κ1) is 11.9. The Morgan fingerprint density at radius 2 is 2.06 bits per heavy atom. The predicted octanol–water partition coefficient (Wildman–Crippen LogP) is 0.610. The quantitative estimate of drug-likeness (QED) is 0.764.